The second kappa shape index (κ2) is 8.53. The predicted octanol–water partition coefficient (Wildman–Crippen LogP) is 2.87. The van der Waals surface area contributed by atoms with Crippen LogP contribution in [-0.2, 0) is 14.3 Å². The Labute approximate surface area is 127 Å². The predicted molar refractivity (Wildman–Crippen MR) is 82.1 cm³/mol. The van der Waals surface area contributed by atoms with E-state index in [4.69, 9.17) is 0 Å². The number of halogens is 1. The fraction of sp³-hybridized carbons (Fsp3) is 0.333. The first-order valence-electron chi connectivity index (χ1n) is 6.28. The topological polar surface area (TPSA) is 46.6 Å². The minimum Gasteiger partial charge on any atom is -0.469 e. The average Bonchev–Trinajstić information content (AvgIpc) is 2.44. The molecule has 108 valence electrons. The molecule has 0 saturated carbocycles. The number of hydrogen-bond acceptors (Lipinski definition) is 3. The van der Waals surface area contributed by atoms with Crippen molar-refractivity contribution in [2.24, 2.45) is 0 Å². The molecule has 0 aromatic heterocycles. The minimum absolute atomic E-state index is 0.0881. The molecule has 0 N–H and O–H groups in total. The zero-order valence-corrected chi connectivity index (χ0v) is 13.2. The van der Waals surface area contributed by atoms with Crippen molar-refractivity contribution in [1.82, 2.24) is 4.90 Å². The normalized spacial score (nSPS) is 10.6. The fourth-order valence-electron chi connectivity index (χ4n) is 1.58. The molecule has 0 atom stereocenters. The lowest BCUT2D eigenvalue weighted by Crippen LogP contribution is -2.26. The maximum Gasteiger partial charge on any atom is 0.305 e. The van der Waals surface area contributed by atoms with Gasteiger partial charge in [0.05, 0.1) is 7.11 Å². The molecule has 0 heterocycles. The molecule has 1 aromatic carbocycles. The van der Waals surface area contributed by atoms with Gasteiger partial charge in [0.15, 0.2) is 0 Å². The number of likely N-dealkylation sites (N-methyl/N-ethyl adjacent to an activating group) is 1. The summed E-state index contributed by atoms with van der Waals surface area (Å²) in [5.74, 6) is -0.342. The van der Waals surface area contributed by atoms with Crippen LogP contribution in [0.25, 0.3) is 6.08 Å². The van der Waals surface area contributed by atoms with Gasteiger partial charge < -0.3 is 9.64 Å². The van der Waals surface area contributed by atoms with Crippen molar-refractivity contribution in [3.8, 4) is 0 Å². The highest BCUT2D eigenvalue weighted by Gasteiger charge is 2.06. The van der Waals surface area contributed by atoms with Gasteiger partial charge in [-0.3, -0.25) is 9.59 Å². The number of carbonyl (C=O) groups excluding carboxylic acids is 2. The van der Waals surface area contributed by atoms with Crippen LogP contribution >= 0.6 is 15.9 Å². The molecular weight excluding hydrogens is 322 g/mol. The Bertz CT molecular complexity index is 500. The molecule has 0 aliphatic heterocycles. The quantitative estimate of drug-likeness (QED) is 0.591. The van der Waals surface area contributed by atoms with Crippen LogP contribution in [0.2, 0.25) is 0 Å². The molecule has 0 aliphatic carbocycles. The molecule has 0 saturated heterocycles. The Morgan fingerprint density at radius 1 is 1.40 bits per heavy atom. The molecule has 1 rings (SSSR count). The molecule has 5 heteroatoms. The largest absolute Gasteiger partial charge is 0.469 e. The zero-order valence-electron chi connectivity index (χ0n) is 11.6. The van der Waals surface area contributed by atoms with Gasteiger partial charge in [0.25, 0.3) is 0 Å². The second-order valence-corrected chi connectivity index (χ2v) is 5.24. The number of methoxy groups -OCH3 is 1. The third-order valence-electron chi connectivity index (χ3n) is 2.75. The van der Waals surface area contributed by atoms with E-state index in [1.165, 1.54) is 13.2 Å². The van der Waals surface area contributed by atoms with Crippen LogP contribution in [0.3, 0.4) is 0 Å². The van der Waals surface area contributed by atoms with Gasteiger partial charge in [-0.25, -0.2) is 0 Å². The lowest BCUT2D eigenvalue weighted by Gasteiger charge is -2.14. The van der Waals surface area contributed by atoms with E-state index in [1.54, 1.807) is 18.0 Å². The number of ether oxygens (including phenoxy) is 1. The summed E-state index contributed by atoms with van der Waals surface area (Å²) < 4.78 is 5.52. The van der Waals surface area contributed by atoms with Gasteiger partial charge in [0, 0.05) is 30.6 Å². The summed E-state index contributed by atoms with van der Waals surface area (Å²) in [6.45, 7) is 0.525. The zero-order chi connectivity index (χ0) is 15.0. The Hall–Kier alpha value is -1.62. The Morgan fingerprint density at radius 2 is 2.15 bits per heavy atom. The highest BCUT2D eigenvalue weighted by Crippen LogP contribution is 2.12. The van der Waals surface area contributed by atoms with Crippen LogP contribution in [0.4, 0.5) is 0 Å². The second-order valence-electron chi connectivity index (χ2n) is 4.33. The number of amides is 1. The van der Waals surface area contributed by atoms with Crippen molar-refractivity contribution >= 4 is 33.9 Å². The first-order chi connectivity index (χ1) is 9.52. The van der Waals surface area contributed by atoms with Crippen LogP contribution in [0.1, 0.15) is 18.4 Å². The van der Waals surface area contributed by atoms with Crippen molar-refractivity contribution in [2.75, 3.05) is 20.7 Å². The van der Waals surface area contributed by atoms with E-state index in [9.17, 15) is 9.59 Å². The highest BCUT2D eigenvalue weighted by atomic mass is 79.9. The summed E-state index contributed by atoms with van der Waals surface area (Å²) in [6.07, 6.45) is 4.22. The molecule has 0 spiro atoms. The lowest BCUT2D eigenvalue weighted by molar-refractivity contribution is -0.141. The molecule has 1 aromatic rings. The van der Waals surface area contributed by atoms with E-state index >= 15 is 0 Å². The third-order valence-corrected chi connectivity index (χ3v) is 3.24. The molecule has 1 amide bonds. The van der Waals surface area contributed by atoms with E-state index in [1.807, 2.05) is 24.3 Å². The van der Waals surface area contributed by atoms with E-state index in [2.05, 4.69) is 20.7 Å². The lowest BCUT2D eigenvalue weighted by atomic mass is 10.2. The summed E-state index contributed by atoms with van der Waals surface area (Å²) >= 11 is 3.38. The Morgan fingerprint density at radius 3 is 2.80 bits per heavy atom. The van der Waals surface area contributed by atoms with Crippen LogP contribution < -0.4 is 0 Å². The van der Waals surface area contributed by atoms with Crippen LogP contribution in [-0.4, -0.2) is 37.5 Å². The highest BCUT2D eigenvalue weighted by molar-refractivity contribution is 9.10. The van der Waals surface area contributed by atoms with Gasteiger partial charge in [-0.1, -0.05) is 28.1 Å². The number of nitrogens with zero attached hydrogens (tertiary/aromatic N) is 1. The van der Waals surface area contributed by atoms with Crippen molar-refractivity contribution in [3.05, 3.63) is 40.4 Å². The summed E-state index contributed by atoms with van der Waals surface area (Å²) in [7, 11) is 3.07. The first-order valence-corrected chi connectivity index (χ1v) is 7.08. The molecule has 0 aliphatic rings. The van der Waals surface area contributed by atoms with Crippen molar-refractivity contribution in [2.45, 2.75) is 12.8 Å². The Balaban J connectivity index is 2.43. The number of carbonyl (C=O) groups is 2. The number of hydrogen-bond donors (Lipinski definition) is 0. The van der Waals surface area contributed by atoms with Crippen LogP contribution in [0.15, 0.2) is 34.8 Å². The van der Waals surface area contributed by atoms with Crippen molar-refractivity contribution in [3.63, 3.8) is 0 Å². The average molecular weight is 340 g/mol. The fourth-order valence-corrected chi connectivity index (χ4v) is 1.99. The molecule has 4 nitrogen and oxygen atoms in total. The summed E-state index contributed by atoms with van der Waals surface area (Å²) in [5.41, 5.74) is 0.954. The molecule has 20 heavy (non-hydrogen) atoms. The summed E-state index contributed by atoms with van der Waals surface area (Å²) in [4.78, 5) is 24.4. The maximum absolute atomic E-state index is 11.9. The third kappa shape index (κ3) is 6.02. The van der Waals surface area contributed by atoms with Gasteiger partial charge in [0.1, 0.15) is 0 Å². The van der Waals surface area contributed by atoms with Gasteiger partial charge >= 0.3 is 5.97 Å². The van der Waals surface area contributed by atoms with E-state index in [0.717, 1.165) is 10.0 Å². The van der Waals surface area contributed by atoms with Gasteiger partial charge in [-0.2, -0.15) is 0 Å². The smallest absolute Gasteiger partial charge is 0.305 e. The standard InChI is InChI=1S/C15H18BrNO3/c1-17(10-4-7-15(19)20-2)14(18)9-8-12-5-3-6-13(16)11-12/h3,5-6,8-9,11H,4,7,10H2,1-2H3. The first kappa shape index (κ1) is 16.4. The van der Waals surface area contributed by atoms with Gasteiger partial charge in [0.2, 0.25) is 5.91 Å². The van der Waals surface area contributed by atoms with Crippen LogP contribution in [0.5, 0.6) is 0 Å². The minimum atomic E-state index is -0.254. The molecule has 0 radical (unpaired) electrons. The monoisotopic (exact) mass is 339 g/mol. The number of rotatable bonds is 6. The van der Waals surface area contributed by atoms with Crippen molar-refractivity contribution < 1.29 is 14.3 Å². The van der Waals surface area contributed by atoms with E-state index < -0.39 is 0 Å². The molecule has 0 fully saturated rings. The number of esters is 1. The summed E-state index contributed by atoms with van der Waals surface area (Å²) in [5, 5.41) is 0. The SMILES string of the molecule is COC(=O)CCCN(C)C(=O)C=Cc1cccc(Br)c1. The number of benzene rings is 1. The van der Waals surface area contributed by atoms with Gasteiger partial charge in [-0.05, 0) is 30.2 Å². The maximum atomic E-state index is 11.9. The Kier molecular flexibility index (Phi) is 7.01. The van der Waals surface area contributed by atoms with E-state index in [0.29, 0.717) is 19.4 Å². The van der Waals surface area contributed by atoms with E-state index in [-0.39, 0.29) is 11.9 Å². The van der Waals surface area contributed by atoms with Crippen molar-refractivity contribution in [1.29, 1.82) is 0 Å². The molecule has 0 unspecified atom stereocenters. The summed E-state index contributed by atoms with van der Waals surface area (Å²) in [6, 6.07) is 7.69. The van der Waals surface area contributed by atoms with Gasteiger partial charge in [-0.15, -0.1) is 0 Å². The molecule has 0 bridgehead atoms. The van der Waals surface area contributed by atoms with Crippen LogP contribution in [0, 0.1) is 0 Å². The molecular formula is C15H18BrNO3.